The van der Waals surface area contributed by atoms with Gasteiger partial charge in [-0.3, -0.25) is 9.36 Å². The fourth-order valence-corrected chi connectivity index (χ4v) is 3.80. The fraction of sp³-hybridized carbons (Fsp3) is 0.103. The molecule has 0 amide bonds. The van der Waals surface area contributed by atoms with Crippen LogP contribution in [0.2, 0.25) is 0 Å². The highest BCUT2D eigenvalue weighted by Gasteiger charge is 2.14. The zero-order chi connectivity index (χ0) is 24.0. The number of methoxy groups -OCH3 is 1. The Morgan fingerprint density at radius 1 is 0.743 bits per heavy atom. The Morgan fingerprint density at radius 3 is 1.94 bits per heavy atom. The molecule has 1 aromatic heterocycles. The van der Waals surface area contributed by atoms with E-state index in [1.165, 1.54) is 18.0 Å². The van der Waals surface area contributed by atoms with Crippen LogP contribution >= 0.6 is 0 Å². The maximum absolute atomic E-state index is 13.4. The quantitative estimate of drug-likeness (QED) is 0.301. The Hall–Kier alpha value is -4.58. The summed E-state index contributed by atoms with van der Waals surface area (Å²) in [7, 11) is 1.53. The van der Waals surface area contributed by atoms with Gasteiger partial charge in [0.2, 0.25) is 0 Å². The van der Waals surface area contributed by atoms with Crippen molar-refractivity contribution in [1.29, 1.82) is 0 Å². The molecule has 5 rings (SSSR count). The summed E-state index contributed by atoms with van der Waals surface area (Å²) in [5.41, 5.74) is 3.11. The number of fused-ring (bicyclic) bond motifs is 1. The second kappa shape index (κ2) is 10.1. The van der Waals surface area contributed by atoms with E-state index in [4.69, 9.17) is 14.2 Å². The molecular formula is C29H24N2O4. The molecule has 0 saturated carbocycles. The van der Waals surface area contributed by atoms with E-state index in [2.05, 4.69) is 4.98 Å². The maximum atomic E-state index is 13.4. The average Bonchev–Trinajstić information content (AvgIpc) is 2.92. The molecule has 0 aliphatic carbocycles. The molecule has 0 N–H and O–H groups in total. The van der Waals surface area contributed by atoms with Crippen LogP contribution in [0.5, 0.6) is 17.2 Å². The Kier molecular flexibility index (Phi) is 6.44. The van der Waals surface area contributed by atoms with Gasteiger partial charge in [-0.2, -0.15) is 0 Å². The summed E-state index contributed by atoms with van der Waals surface area (Å²) in [5.74, 6) is 1.72. The minimum atomic E-state index is -0.223. The van der Waals surface area contributed by atoms with Crippen molar-refractivity contribution < 1.29 is 14.2 Å². The standard InChI is InChI=1S/C29H24N2O4/c1-33-27-17-25(35-19-22-10-6-3-7-11-22)16-26-28(27)29(32)31(20-30-26)23-12-14-24(15-13-23)34-18-21-8-4-2-5-9-21/h2-17,20H,18-19H2,1H3. The van der Waals surface area contributed by atoms with Gasteiger partial charge in [-0.1, -0.05) is 60.7 Å². The minimum absolute atomic E-state index is 0.223. The van der Waals surface area contributed by atoms with E-state index >= 15 is 0 Å². The van der Waals surface area contributed by atoms with Crippen molar-refractivity contribution in [3.8, 4) is 22.9 Å². The van der Waals surface area contributed by atoms with E-state index in [0.29, 0.717) is 41.3 Å². The summed E-state index contributed by atoms with van der Waals surface area (Å²) in [6.45, 7) is 0.884. The second-order valence-electron chi connectivity index (χ2n) is 7.98. The second-order valence-corrected chi connectivity index (χ2v) is 7.98. The molecule has 0 aliphatic rings. The largest absolute Gasteiger partial charge is 0.496 e. The van der Waals surface area contributed by atoms with E-state index in [0.717, 1.165) is 16.9 Å². The number of benzene rings is 4. The molecule has 0 aliphatic heterocycles. The number of nitrogens with zero attached hydrogens (tertiary/aromatic N) is 2. The molecule has 0 unspecified atom stereocenters. The highest BCUT2D eigenvalue weighted by molar-refractivity contribution is 5.86. The Morgan fingerprint density at radius 2 is 1.34 bits per heavy atom. The minimum Gasteiger partial charge on any atom is -0.496 e. The van der Waals surface area contributed by atoms with Crippen molar-refractivity contribution in [3.63, 3.8) is 0 Å². The van der Waals surface area contributed by atoms with Gasteiger partial charge in [-0.05, 0) is 35.4 Å². The first-order chi connectivity index (χ1) is 17.2. The highest BCUT2D eigenvalue weighted by Crippen LogP contribution is 2.29. The van der Waals surface area contributed by atoms with E-state index in [1.807, 2.05) is 84.9 Å². The highest BCUT2D eigenvalue weighted by atomic mass is 16.5. The van der Waals surface area contributed by atoms with Crippen molar-refractivity contribution in [2.75, 3.05) is 7.11 Å². The van der Waals surface area contributed by atoms with Crippen LogP contribution in [0.1, 0.15) is 11.1 Å². The lowest BCUT2D eigenvalue weighted by Gasteiger charge is -2.13. The molecule has 0 fully saturated rings. The Bertz CT molecular complexity index is 1480. The molecule has 0 bridgehead atoms. The van der Waals surface area contributed by atoms with Gasteiger partial charge in [0.1, 0.15) is 42.2 Å². The van der Waals surface area contributed by atoms with E-state index < -0.39 is 0 Å². The van der Waals surface area contributed by atoms with Crippen LogP contribution in [-0.4, -0.2) is 16.7 Å². The van der Waals surface area contributed by atoms with Crippen molar-refractivity contribution in [2.24, 2.45) is 0 Å². The summed E-state index contributed by atoms with van der Waals surface area (Å²) in [4.78, 5) is 17.9. The third kappa shape index (κ3) is 5.01. The van der Waals surface area contributed by atoms with Gasteiger partial charge in [0.25, 0.3) is 5.56 Å². The van der Waals surface area contributed by atoms with Crippen molar-refractivity contribution >= 4 is 10.9 Å². The predicted octanol–water partition coefficient (Wildman–Crippen LogP) is 5.55. The monoisotopic (exact) mass is 464 g/mol. The van der Waals surface area contributed by atoms with E-state index in [1.54, 1.807) is 12.1 Å². The lowest BCUT2D eigenvalue weighted by molar-refractivity contribution is 0.304. The summed E-state index contributed by atoms with van der Waals surface area (Å²) < 4.78 is 18.8. The van der Waals surface area contributed by atoms with Gasteiger partial charge in [-0.25, -0.2) is 4.98 Å². The molecule has 0 saturated heterocycles. The molecular weight excluding hydrogens is 440 g/mol. The Balaban J connectivity index is 1.39. The molecule has 6 heteroatoms. The molecule has 1 heterocycles. The third-order valence-corrected chi connectivity index (χ3v) is 5.63. The van der Waals surface area contributed by atoms with Crippen LogP contribution in [0, 0.1) is 0 Å². The molecule has 4 aromatic carbocycles. The van der Waals surface area contributed by atoms with Crippen molar-refractivity contribution in [1.82, 2.24) is 9.55 Å². The first kappa shape index (κ1) is 22.2. The lowest BCUT2D eigenvalue weighted by atomic mass is 10.2. The first-order valence-corrected chi connectivity index (χ1v) is 11.2. The smallest absolute Gasteiger partial charge is 0.269 e. The number of hydrogen-bond acceptors (Lipinski definition) is 5. The van der Waals surface area contributed by atoms with Crippen LogP contribution in [0.3, 0.4) is 0 Å². The topological polar surface area (TPSA) is 62.6 Å². The zero-order valence-corrected chi connectivity index (χ0v) is 19.3. The number of rotatable bonds is 8. The van der Waals surface area contributed by atoms with E-state index in [9.17, 15) is 4.79 Å². The van der Waals surface area contributed by atoms with E-state index in [-0.39, 0.29) is 5.56 Å². The van der Waals surface area contributed by atoms with Crippen molar-refractivity contribution in [2.45, 2.75) is 13.2 Å². The summed E-state index contributed by atoms with van der Waals surface area (Å²) in [6.07, 6.45) is 1.52. The third-order valence-electron chi connectivity index (χ3n) is 5.63. The fourth-order valence-electron chi connectivity index (χ4n) is 3.80. The van der Waals surface area contributed by atoms with Gasteiger partial charge in [0.15, 0.2) is 0 Å². The summed E-state index contributed by atoms with van der Waals surface area (Å²) >= 11 is 0. The normalized spacial score (nSPS) is 10.8. The molecule has 5 aromatic rings. The van der Waals surface area contributed by atoms with Crippen LogP contribution in [0.15, 0.2) is 108 Å². The number of hydrogen-bond donors (Lipinski definition) is 0. The molecule has 0 atom stereocenters. The molecule has 0 radical (unpaired) electrons. The predicted molar refractivity (Wildman–Crippen MR) is 135 cm³/mol. The molecule has 6 nitrogen and oxygen atoms in total. The van der Waals surface area contributed by atoms with Crippen LogP contribution in [-0.2, 0) is 13.2 Å². The summed E-state index contributed by atoms with van der Waals surface area (Å²) in [5, 5.41) is 0.395. The van der Waals surface area contributed by atoms with Gasteiger partial charge in [-0.15, -0.1) is 0 Å². The molecule has 0 spiro atoms. The molecule has 174 valence electrons. The van der Waals surface area contributed by atoms with Gasteiger partial charge >= 0.3 is 0 Å². The van der Waals surface area contributed by atoms with Gasteiger partial charge in [0.05, 0.1) is 18.3 Å². The molecule has 35 heavy (non-hydrogen) atoms. The lowest BCUT2D eigenvalue weighted by Crippen LogP contribution is -2.19. The number of aromatic nitrogens is 2. The van der Waals surface area contributed by atoms with Gasteiger partial charge in [0, 0.05) is 12.1 Å². The van der Waals surface area contributed by atoms with Gasteiger partial charge < -0.3 is 14.2 Å². The average molecular weight is 465 g/mol. The van der Waals surface area contributed by atoms with Crippen LogP contribution < -0.4 is 19.8 Å². The van der Waals surface area contributed by atoms with Crippen LogP contribution in [0.25, 0.3) is 16.6 Å². The zero-order valence-electron chi connectivity index (χ0n) is 19.3. The van der Waals surface area contributed by atoms with Crippen LogP contribution in [0.4, 0.5) is 0 Å². The number of ether oxygens (including phenoxy) is 3. The maximum Gasteiger partial charge on any atom is 0.269 e. The first-order valence-electron chi connectivity index (χ1n) is 11.2. The SMILES string of the molecule is COc1cc(OCc2ccccc2)cc2ncn(-c3ccc(OCc4ccccc4)cc3)c(=O)c12. The Labute approximate surface area is 203 Å². The summed E-state index contributed by atoms with van der Waals surface area (Å²) in [6, 6.07) is 30.7. The van der Waals surface area contributed by atoms with Crippen molar-refractivity contribution in [3.05, 3.63) is 125 Å².